The van der Waals surface area contributed by atoms with Crippen molar-refractivity contribution in [2.45, 2.75) is 25.9 Å². The molecule has 0 spiro atoms. The Morgan fingerprint density at radius 2 is 2.05 bits per heavy atom. The number of benzene rings is 1. The highest BCUT2D eigenvalue weighted by Crippen LogP contribution is 2.17. The summed E-state index contributed by atoms with van der Waals surface area (Å²) in [5.74, 6) is 1.39. The normalized spacial score (nSPS) is 22.8. The van der Waals surface area contributed by atoms with E-state index in [0.29, 0.717) is 12.0 Å². The number of rotatable bonds is 3. The van der Waals surface area contributed by atoms with E-state index in [4.69, 9.17) is 5.73 Å². The van der Waals surface area contributed by atoms with Gasteiger partial charge in [-0.3, -0.25) is 4.90 Å². The van der Waals surface area contributed by atoms with Gasteiger partial charge in [0.2, 0.25) is 0 Å². The Kier molecular flexibility index (Phi) is 5.27. The Morgan fingerprint density at radius 3 is 2.76 bits per heavy atom. The molecular weight excluding hydrogens is 288 g/mol. The summed E-state index contributed by atoms with van der Waals surface area (Å²) >= 11 is 0. The van der Waals surface area contributed by atoms with Crippen molar-refractivity contribution in [1.82, 2.24) is 25.1 Å². The predicted molar refractivity (Wildman–Crippen MR) is 83.4 cm³/mol. The number of likely N-dealkylation sites (tertiary alicyclic amines) is 1. The van der Waals surface area contributed by atoms with E-state index in [0.717, 1.165) is 37.6 Å². The fourth-order valence-electron chi connectivity index (χ4n) is 2.67. The molecule has 3 rings (SSSR count). The number of nitrogens with zero attached hydrogens (tertiary/aromatic N) is 5. The number of hydrogen-bond donors (Lipinski definition) is 1. The molecule has 0 amide bonds. The minimum absolute atomic E-state index is 0. The van der Waals surface area contributed by atoms with Gasteiger partial charge in [0.15, 0.2) is 5.82 Å². The summed E-state index contributed by atoms with van der Waals surface area (Å²) in [6, 6.07) is 10.3. The summed E-state index contributed by atoms with van der Waals surface area (Å²) in [5.41, 5.74) is 7.06. The molecule has 1 aliphatic rings. The first-order chi connectivity index (χ1) is 9.74. The molecule has 2 atom stereocenters. The molecule has 1 aliphatic heterocycles. The van der Waals surface area contributed by atoms with Crippen LogP contribution in [0.4, 0.5) is 0 Å². The molecule has 0 bridgehead atoms. The van der Waals surface area contributed by atoms with Gasteiger partial charge >= 0.3 is 0 Å². The fraction of sp³-hybridized carbons (Fsp3) is 0.500. The lowest BCUT2D eigenvalue weighted by atomic mass is 9.95. The van der Waals surface area contributed by atoms with Crippen molar-refractivity contribution < 1.29 is 0 Å². The lowest BCUT2D eigenvalue weighted by molar-refractivity contribution is 0.153. The van der Waals surface area contributed by atoms with Crippen LogP contribution in [0.15, 0.2) is 30.3 Å². The Labute approximate surface area is 130 Å². The largest absolute Gasteiger partial charge is 0.327 e. The molecule has 7 heteroatoms. The lowest BCUT2D eigenvalue weighted by Crippen LogP contribution is -2.45. The molecule has 114 valence electrons. The van der Waals surface area contributed by atoms with Crippen molar-refractivity contribution in [3.8, 4) is 5.69 Å². The van der Waals surface area contributed by atoms with E-state index in [9.17, 15) is 0 Å². The molecule has 2 heterocycles. The number of aromatic nitrogens is 4. The van der Waals surface area contributed by atoms with E-state index in [1.54, 1.807) is 4.68 Å². The third-order valence-corrected chi connectivity index (χ3v) is 3.96. The van der Waals surface area contributed by atoms with Gasteiger partial charge in [0, 0.05) is 19.1 Å². The van der Waals surface area contributed by atoms with Crippen LogP contribution < -0.4 is 5.73 Å². The maximum absolute atomic E-state index is 6.06. The Balaban J connectivity index is 0.00000161. The zero-order valence-electron chi connectivity index (χ0n) is 12.1. The van der Waals surface area contributed by atoms with Crippen LogP contribution in [0.1, 0.15) is 19.2 Å². The van der Waals surface area contributed by atoms with Gasteiger partial charge in [0.05, 0.1) is 12.2 Å². The minimum Gasteiger partial charge on any atom is -0.327 e. The number of nitrogens with two attached hydrogens (primary N) is 1. The van der Waals surface area contributed by atoms with Crippen molar-refractivity contribution >= 4 is 12.4 Å². The molecule has 2 N–H and O–H groups in total. The van der Waals surface area contributed by atoms with E-state index in [1.807, 2.05) is 30.3 Å². The predicted octanol–water partition coefficient (Wildman–Crippen LogP) is 1.25. The summed E-state index contributed by atoms with van der Waals surface area (Å²) in [4.78, 5) is 2.37. The van der Waals surface area contributed by atoms with Crippen molar-refractivity contribution in [1.29, 1.82) is 0 Å². The summed E-state index contributed by atoms with van der Waals surface area (Å²) in [6.07, 6.45) is 1.04. The average molecular weight is 309 g/mol. The minimum atomic E-state index is 0. The van der Waals surface area contributed by atoms with Crippen LogP contribution in [-0.2, 0) is 6.54 Å². The van der Waals surface area contributed by atoms with E-state index in [-0.39, 0.29) is 12.4 Å². The van der Waals surface area contributed by atoms with Crippen molar-refractivity contribution in [2.24, 2.45) is 11.7 Å². The summed E-state index contributed by atoms with van der Waals surface area (Å²) in [6.45, 7) is 4.98. The SMILES string of the molecule is CC1CN(Cc2nnnn2-c2ccccc2)CCC1N.Cl. The quantitative estimate of drug-likeness (QED) is 0.924. The first-order valence-electron chi connectivity index (χ1n) is 7.04. The second-order valence-electron chi connectivity index (χ2n) is 5.51. The highest BCUT2D eigenvalue weighted by Gasteiger charge is 2.24. The average Bonchev–Trinajstić information content (AvgIpc) is 2.92. The van der Waals surface area contributed by atoms with Gasteiger partial charge < -0.3 is 5.73 Å². The maximum atomic E-state index is 6.06. The second-order valence-corrected chi connectivity index (χ2v) is 5.51. The Morgan fingerprint density at radius 1 is 1.29 bits per heavy atom. The number of halogens is 1. The number of tetrazole rings is 1. The van der Waals surface area contributed by atoms with Gasteiger partial charge in [-0.05, 0) is 34.9 Å². The van der Waals surface area contributed by atoms with Crippen molar-refractivity contribution in [3.05, 3.63) is 36.2 Å². The third kappa shape index (κ3) is 3.58. The monoisotopic (exact) mass is 308 g/mol. The molecule has 1 fully saturated rings. The Hall–Kier alpha value is -1.50. The zero-order valence-corrected chi connectivity index (χ0v) is 12.9. The van der Waals surface area contributed by atoms with Gasteiger partial charge in [-0.1, -0.05) is 25.1 Å². The number of para-hydroxylation sites is 1. The van der Waals surface area contributed by atoms with Crippen LogP contribution in [0.25, 0.3) is 5.69 Å². The van der Waals surface area contributed by atoms with Crippen LogP contribution in [0, 0.1) is 5.92 Å². The van der Waals surface area contributed by atoms with Gasteiger partial charge in [0.25, 0.3) is 0 Å². The van der Waals surface area contributed by atoms with E-state index in [1.165, 1.54) is 0 Å². The van der Waals surface area contributed by atoms with E-state index < -0.39 is 0 Å². The van der Waals surface area contributed by atoms with Crippen LogP contribution in [0.3, 0.4) is 0 Å². The van der Waals surface area contributed by atoms with Gasteiger partial charge in [-0.2, -0.15) is 4.68 Å². The summed E-state index contributed by atoms with van der Waals surface area (Å²) in [5, 5.41) is 12.1. The Bertz CT molecular complexity index is 558. The number of hydrogen-bond acceptors (Lipinski definition) is 5. The van der Waals surface area contributed by atoms with Crippen LogP contribution >= 0.6 is 12.4 Å². The maximum Gasteiger partial charge on any atom is 0.170 e. The highest BCUT2D eigenvalue weighted by atomic mass is 35.5. The van der Waals surface area contributed by atoms with Crippen LogP contribution in [-0.4, -0.2) is 44.2 Å². The fourth-order valence-corrected chi connectivity index (χ4v) is 2.67. The van der Waals surface area contributed by atoms with E-state index in [2.05, 4.69) is 27.3 Å². The zero-order chi connectivity index (χ0) is 13.9. The first kappa shape index (κ1) is 15.9. The summed E-state index contributed by atoms with van der Waals surface area (Å²) in [7, 11) is 0. The topological polar surface area (TPSA) is 72.9 Å². The molecule has 1 aromatic carbocycles. The molecule has 6 nitrogen and oxygen atoms in total. The molecule has 0 radical (unpaired) electrons. The highest BCUT2D eigenvalue weighted by molar-refractivity contribution is 5.85. The smallest absolute Gasteiger partial charge is 0.170 e. The molecule has 2 unspecified atom stereocenters. The van der Waals surface area contributed by atoms with E-state index >= 15 is 0 Å². The molecule has 1 aromatic heterocycles. The standard InChI is InChI=1S/C14H20N6.ClH/c1-11-9-19(8-7-13(11)15)10-14-16-17-18-20(14)12-5-3-2-4-6-12;/h2-6,11,13H,7-10,15H2,1H3;1H. The molecule has 21 heavy (non-hydrogen) atoms. The lowest BCUT2D eigenvalue weighted by Gasteiger charge is -2.34. The first-order valence-corrected chi connectivity index (χ1v) is 7.04. The van der Waals surface area contributed by atoms with Gasteiger partial charge in [0.1, 0.15) is 0 Å². The molecule has 0 aliphatic carbocycles. The molecule has 1 saturated heterocycles. The summed E-state index contributed by atoms with van der Waals surface area (Å²) < 4.78 is 1.80. The third-order valence-electron chi connectivity index (χ3n) is 3.96. The molecule has 0 saturated carbocycles. The molecular formula is C14H21ClN6. The molecule has 2 aromatic rings. The second kappa shape index (κ2) is 6.98. The van der Waals surface area contributed by atoms with Crippen molar-refractivity contribution in [3.63, 3.8) is 0 Å². The van der Waals surface area contributed by atoms with Gasteiger partial charge in [-0.15, -0.1) is 17.5 Å². The van der Waals surface area contributed by atoms with Crippen LogP contribution in [0.5, 0.6) is 0 Å². The van der Waals surface area contributed by atoms with Crippen LogP contribution in [0.2, 0.25) is 0 Å². The van der Waals surface area contributed by atoms with Gasteiger partial charge in [-0.25, -0.2) is 0 Å². The number of piperidine rings is 1. The van der Waals surface area contributed by atoms with Crippen molar-refractivity contribution in [2.75, 3.05) is 13.1 Å².